The van der Waals surface area contributed by atoms with E-state index < -0.39 is 29.6 Å². The number of nitrogens with zero attached hydrogens (tertiary/aromatic N) is 1. The van der Waals surface area contributed by atoms with Crippen molar-refractivity contribution < 1.29 is 36.4 Å². The van der Waals surface area contributed by atoms with Crippen molar-refractivity contribution in [2.45, 2.75) is 25.6 Å². The Kier molecular flexibility index (Phi) is 4.49. The molecule has 0 saturated carbocycles. The van der Waals surface area contributed by atoms with E-state index in [4.69, 9.17) is 0 Å². The fourth-order valence-corrected chi connectivity index (χ4v) is 1.37. The maximum absolute atomic E-state index is 12.6. The van der Waals surface area contributed by atoms with Crippen molar-refractivity contribution in [3.05, 3.63) is 39.4 Å². The summed E-state index contributed by atoms with van der Waals surface area (Å²) < 4.78 is 64.9. The number of halogens is 5. The van der Waals surface area contributed by atoms with E-state index in [1.54, 1.807) is 0 Å². The van der Waals surface area contributed by atoms with E-state index in [1.165, 1.54) is 19.1 Å². The first-order valence-corrected chi connectivity index (χ1v) is 5.33. The number of carbonyl (C=O) groups excluding carboxylic acids is 1. The van der Waals surface area contributed by atoms with Crippen molar-refractivity contribution in [1.29, 1.82) is 0 Å². The lowest BCUT2D eigenvalue weighted by Gasteiger charge is -2.18. The molecular formula is C11H8F5NO4. The van der Waals surface area contributed by atoms with Crippen LogP contribution in [-0.4, -0.2) is 23.0 Å². The van der Waals surface area contributed by atoms with Crippen LogP contribution in [0.15, 0.2) is 18.2 Å². The van der Waals surface area contributed by atoms with Gasteiger partial charge < -0.3 is 4.74 Å². The van der Waals surface area contributed by atoms with Gasteiger partial charge in [0.2, 0.25) is 0 Å². The fourth-order valence-electron chi connectivity index (χ4n) is 1.37. The van der Waals surface area contributed by atoms with Crippen LogP contribution in [0.3, 0.4) is 0 Å². The second-order valence-corrected chi connectivity index (χ2v) is 3.97. The van der Waals surface area contributed by atoms with E-state index in [9.17, 15) is 36.9 Å². The number of esters is 1. The Morgan fingerprint density at radius 3 is 2.33 bits per heavy atom. The van der Waals surface area contributed by atoms with Gasteiger partial charge in [-0.15, -0.1) is 0 Å². The number of rotatable bonds is 4. The maximum atomic E-state index is 12.6. The highest BCUT2D eigenvalue weighted by Gasteiger charge is 2.64. The van der Waals surface area contributed by atoms with E-state index in [0.29, 0.717) is 0 Å². The predicted molar refractivity (Wildman–Crippen MR) is 58.6 cm³/mol. The van der Waals surface area contributed by atoms with Gasteiger partial charge in [-0.3, -0.25) is 10.1 Å². The Morgan fingerprint density at radius 2 is 1.86 bits per heavy atom. The van der Waals surface area contributed by atoms with Crippen molar-refractivity contribution in [2.75, 3.05) is 0 Å². The minimum absolute atomic E-state index is 0.00521. The Bertz CT molecular complexity index is 570. The number of hydrogen-bond acceptors (Lipinski definition) is 4. The summed E-state index contributed by atoms with van der Waals surface area (Å²) in [5.74, 6) is -8.40. The summed E-state index contributed by atoms with van der Waals surface area (Å²) in [4.78, 5) is 20.7. The summed E-state index contributed by atoms with van der Waals surface area (Å²) in [6.07, 6.45) is -6.07. The van der Waals surface area contributed by atoms with Crippen LogP contribution in [0.2, 0.25) is 0 Å². The zero-order chi connectivity index (χ0) is 16.4. The van der Waals surface area contributed by atoms with Gasteiger partial charge >= 0.3 is 18.1 Å². The lowest BCUT2D eigenvalue weighted by molar-refractivity contribution is -0.385. The maximum Gasteiger partial charge on any atom is 0.465 e. The number of nitro benzene ring substituents is 1. The standard InChI is InChI=1S/C11H8F5NO4/c1-6-7(3-2-4-8(6)17(19)20)5-21-9(18)10(12,13)11(14,15)16/h2-4H,5H2,1H3. The molecule has 0 amide bonds. The molecule has 21 heavy (non-hydrogen) atoms. The first kappa shape index (κ1) is 16.8. The van der Waals surface area contributed by atoms with Crippen LogP contribution in [-0.2, 0) is 16.1 Å². The van der Waals surface area contributed by atoms with Crippen LogP contribution in [0.4, 0.5) is 27.6 Å². The number of carbonyl (C=O) groups is 1. The lowest BCUT2D eigenvalue weighted by atomic mass is 10.1. The Labute approximate surface area is 114 Å². The van der Waals surface area contributed by atoms with Gasteiger partial charge in [0, 0.05) is 11.6 Å². The summed E-state index contributed by atoms with van der Waals surface area (Å²) >= 11 is 0. The topological polar surface area (TPSA) is 69.4 Å². The summed E-state index contributed by atoms with van der Waals surface area (Å²) in [5.41, 5.74) is -0.410. The van der Waals surface area contributed by atoms with Gasteiger partial charge in [-0.05, 0) is 12.5 Å². The molecule has 0 aliphatic carbocycles. The molecule has 0 aliphatic heterocycles. The molecule has 0 radical (unpaired) electrons. The van der Waals surface area contributed by atoms with E-state index in [-0.39, 0.29) is 16.8 Å². The van der Waals surface area contributed by atoms with Gasteiger partial charge in [-0.1, -0.05) is 12.1 Å². The quantitative estimate of drug-likeness (QED) is 0.370. The predicted octanol–water partition coefficient (Wildman–Crippen LogP) is 3.14. The van der Waals surface area contributed by atoms with Crippen molar-refractivity contribution in [1.82, 2.24) is 0 Å². The summed E-state index contributed by atoms with van der Waals surface area (Å²) in [5, 5.41) is 10.6. The molecule has 0 unspecified atom stereocenters. The molecule has 1 rings (SSSR count). The Hall–Kier alpha value is -2.26. The molecule has 0 aromatic heterocycles. The van der Waals surface area contributed by atoms with Crippen LogP contribution in [0.25, 0.3) is 0 Å². The third-order valence-corrected chi connectivity index (χ3v) is 2.59. The van der Waals surface area contributed by atoms with Crippen LogP contribution >= 0.6 is 0 Å². The zero-order valence-corrected chi connectivity index (χ0v) is 10.4. The van der Waals surface area contributed by atoms with Crippen molar-refractivity contribution in [2.24, 2.45) is 0 Å². The van der Waals surface area contributed by atoms with Gasteiger partial charge in [0.1, 0.15) is 6.61 Å². The SMILES string of the molecule is Cc1c(COC(=O)C(F)(F)C(F)(F)F)cccc1[N+](=O)[O-]. The summed E-state index contributed by atoms with van der Waals surface area (Å²) in [7, 11) is 0. The Balaban J connectivity index is 2.88. The van der Waals surface area contributed by atoms with E-state index in [0.717, 1.165) is 6.07 Å². The molecular weight excluding hydrogens is 305 g/mol. The van der Waals surface area contributed by atoms with Crippen molar-refractivity contribution >= 4 is 11.7 Å². The van der Waals surface area contributed by atoms with Gasteiger partial charge in [0.25, 0.3) is 5.69 Å². The van der Waals surface area contributed by atoms with Gasteiger partial charge in [-0.2, -0.15) is 22.0 Å². The molecule has 0 spiro atoms. The Morgan fingerprint density at radius 1 is 1.29 bits per heavy atom. The van der Waals surface area contributed by atoms with E-state index >= 15 is 0 Å². The minimum atomic E-state index is -6.07. The molecule has 10 heteroatoms. The molecule has 5 nitrogen and oxygen atoms in total. The van der Waals surface area contributed by atoms with Crippen LogP contribution in [0.1, 0.15) is 11.1 Å². The second kappa shape index (κ2) is 5.62. The highest BCUT2D eigenvalue weighted by atomic mass is 19.4. The third kappa shape index (κ3) is 3.44. The number of hydrogen-bond donors (Lipinski definition) is 0. The highest BCUT2D eigenvalue weighted by molar-refractivity contribution is 5.78. The normalized spacial score (nSPS) is 12.1. The number of benzene rings is 1. The molecule has 0 aliphatic rings. The zero-order valence-electron chi connectivity index (χ0n) is 10.4. The van der Waals surface area contributed by atoms with E-state index in [2.05, 4.69) is 4.74 Å². The second-order valence-electron chi connectivity index (χ2n) is 3.97. The first-order chi connectivity index (χ1) is 9.48. The first-order valence-electron chi connectivity index (χ1n) is 5.33. The van der Waals surface area contributed by atoms with Gasteiger partial charge in [0.15, 0.2) is 0 Å². The molecule has 1 aromatic carbocycles. The van der Waals surface area contributed by atoms with E-state index in [1.807, 2.05) is 0 Å². The average Bonchev–Trinajstić information content (AvgIpc) is 2.35. The highest BCUT2D eigenvalue weighted by Crippen LogP contribution is 2.36. The molecule has 0 bridgehead atoms. The molecule has 0 fully saturated rings. The summed E-state index contributed by atoms with van der Waals surface area (Å²) in [6.45, 7) is 0.321. The monoisotopic (exact) mass is 313 g/mol. The molecule has 116 valence electrons. The van der Waals surface area contributed by atoms with Gasteiger partial charge in [-0.25, -0.2) is 4.79 Å². The van der Waals surface area contributed by atoms with Crippen LogP contribution in [0.5, 0.6) is 0 Å². The molecule has 0 heterocycles. The molecule has 0 saturated heterocycles. The summed E-state index contributed by atoms with van der Waals surface area (Å²) in [6, 6.07) is 3.52. The number of nitro groups is 1. The number of ether oxygens (including phenoxy) is 1. The van der Waals surface area contributed by atoms with Crippen molar-refractivity contribution in [3.8, 4) is 0 Å². The smallest absolute Gasteiger partial charge is 0.456 e. The van der Waals surface area contributed by atoms with Crippen molar-refractivity contribution in [3.63, 3.8) is 0 Å². The molecule has 0 atom stereocenters. The average molecular weight is 313 g/mol. The third-order valence-electron chi connectivity index (χ3n) is 2.59. The lowest BCUT2D eigenvalue weighted by Crippen LogP contribution is -2.45. The molecule has 1 aromatic rings. The van der Waals surface area contributed by atoms with Crippen LogP contribution in [0, 0.1) is 17.0 Å². The fraction of sp³-hybridized carbons (Fsp3) is 0.364. The largest absolute Gasteiger partial charge is 0.465 e. The minimum Gasteiger partial charge on any atom is -0.456 e. The molecule has 0 N–H and O–H groups in total. The van der Waals surface area contributed by atoms with Crippen LogP contribution < -0.4 is 0 Å². The number of alkyl halides is 5. The van der Waals surface area contributed by atoms with Gasteiger partial charge in [0.05, 0.1) is 4.92 Å².